The summed E-state index contributed by atoms with van der Waals surface area (Å²) < 4.78 is 34.7. The number of hydrogen-bond acceptors (Lipinski definition) is 5. The Balaban J connectivity index is 1.77. The molecule has 1 heterocycles. The van der Waals surface area contributed by atoms with Crippen molar-refractivity contribution in [2.24, 2.45) is 0 Å². The van der Waals surface area contributed by atoms with E-state index in [9.17, 15) is 13.6 Å². The molecule has 0 saturated carbocycles. The number of halogens is 3. The molecule has 0 atom stereocenters. The normalized spacial score (nSPS) is 10.6. The maximum absolute atomic E-state index is 14.6. The Morgan fingerprint density at radius 2 is 1.74 bits per heavy atom. The summed E-state index contributed by atoms with van der Waals surface area (Å²) in [6.45, 7) is 2.48. The van der Waals surface area contributed by atoms with Gasteiger partial charge in [-0.2, -0.15) is 9.37 Å². The van der Waals surface area contributed by atoms with Gasteiger partial charge in [0.2, 0.25) is 17.6 Å². The smallest absolute Gasteiger partial charge is 0.239 e. The number of hydrogen-bond donors (Lipinski definition) is 0. The Labute approximate surface area is 184 Å². The molecule has 0 fully saturated rings. The number of likely N-dealkylation sites (N-methyl/N-ethyl adjacent to an activating group) is 2. The summed E-state index contributed by atoms with van der Waals surface area (Å²) >= 11 is 5.85. The van der Waals surface area contributed by atoms with E-state index in [1.54, 1.807) is 48.2 Å². The third-order valence-corrected chi connectivity index (χ3v) is 4.97. The highest BCUT2D eigenvalue weighted by Gasteiger charge is 2.17. The molecule has 1 aromatic heterocycles. The Kier molecular flexibility index (Phi) is 7.02. The second kappa shape index (κ2) is 9.70. The van der Waals surface area contributed by atoms with Gasteiger partial charge in [-0.3, -0.25) is 9.78 Å². The van der Waals surface area contributed by atoms with Crippen molar-refractivity contribution in [2.45, 2.75) is 6.92 Å². The van der Waals surface area contributed by atoms with Gasteiger partial charge in [0, 0.05) is 44.7 Å². The SMILES string of the molecule is CC(=O)N(C)CCN(C)c1cncc(Oc2ccc(-c3ccc(Cl)cc3)c(F)c2F)n1. The van der Waals surface area contributed by atoms with E-state index in [-0.39, 0.29) is 23.1 Å². The highest BCUT2D eigenvalue weighted by Crippen LogP contribution is 2.32. The van der Waals surface area contributed by atoms with E-state index in [2.05, 4.69) is 9.97 Å². The zero-order chi connectivity index (χ0) is 22.5. The van der Waals surface area contributed by atoms with Crippen LogP contribution in [0, 0.1) is 11.6 Å². The Morgan fingerprint density at radius 1 is 1.03 bits per heavy atom. The van der Waals surface area contributed by atoms with Crippen LogP contribution in [0.25, 0.3) is 11.1 Å². The van der Waals surface area contributed by atoms with Gasteiger partial charge in [0.15, 0.2) is 17.4 Å². The lowest BCUT2D eigenvalue weighted by atomic mass is 10.0. The van der Waals surface area contributed by atoms with Crippen LogP contribution >= 0.6 is 11.6 Å². The number of carbonyl (C=O) groups is 1. The van der Waals surface area contributed by atoms with Crippen molar-refractivity contribution in [3.63, 3.8) is 0 Å². The Hall–Kier alpha value is -3.26. The molecule has 0 unspecified atom stereocenters. The number of nitrogens with zero attached hydrogens (tertiary/aromatic N) is 4. The number of ether oxygens (including phenoxy) is 1. The predicted octanol–water partition coefficient (Wildman–Crippen LogP) is 4.78. The van der Waals surface area contributed by atoms with Gasteiger partial charge >= 0.3 is 0 Å². The monoisotopic (exact) mass is 446 g/mol. The van der Waals surface area contributed by atoms with Gasteiger partial charge in [0.1, 0.15) is 0 Å². The van der Waals surface area contributed by atoms with Crippen molar-refractivity contribution in [1.82, 2.24) is 14.9 Å². The first-order valence-electron chi connectivity index (χ1n) is 9.43. The molecule has 0 aliphatic rings. The number of aromatic nitrogens is 2. The highest BCUT2D eigenvalue weighted by molar-refractivity contribution is 6.30. The average Bonchev–Trinajstić information content (AvgIpc) is 2.76. The van der Waals surface area contributed by atoms with E-state index >= 15 is 0 Å². The zero-order valence-corrected chi connectivity index (χ0v) is 18.0. The fourth-order valence-electron chi connectivity index (χ4n) is 2.72. The molecule has 31 heavy (non-hydrogen) atoms. The van der Waals surface area contributed by atoms with E-state index in [0.29, 0.717) is 29.5 Å². The molecular formula is C22H21ClF2N4O2. The average molecular weight is 447 g/mol. The standard InChI is InChI=1S/C22H21ClF2N4O2/c1-14(30)28(2)10-11-29(3)19-12-26-13-20(27-19)31-18-9-8-17(21(24)22(18)25)15-4-6-16(23)7-5-15/h4-9,12-13H,10-11H2,1-3H3. The quantitative estimate of drug-likeness (QED) is 0.522. The molecule has 3 aromatic rings. The summed E-state index contributed by atoms with van der Waals surface area (Å²) in [5.74, 6) is -2.03. The zero-order valence-electron chi connectivity index (χ0n) is 17.3. The number of amides is 1. The van der Waals surface area contributed by atoms with E-state index in [1.807, 2.05) is 0 Å². The van der Waals surface area contributed by atoms with Gasteiger partial charge in [-0.25, -0.2) is 4.39 Å². The van der Waals surface area contributed by atoms with Gasteiger partial charge in [-0.05, 0) is 29.8 Å². The minimum Gasteiger partial charge on any atom is -0.434 e. The number of anilines is 1. The van der Waals surface area contributed by atoms with Crippen LogP contribution in [0.5, 0.6) is 11.6 Å². The van der Waals surface area contributed by atoms with Crippen LogP contribution in [-0.2, 0) is 4.79 Å². The van der Waals surface area contributed by atoms with Crippen molar-refractivity contribution < 1.29 is 18.3 Å². The van der Waals surface area contributed by atoms with Crippen molar-refractivity contribution in [3.8, 4) is 22.8 Å². The molecule has 0 radical (unpaired) electrons. The second-order valence-electron chi connectivity index (χ2n) is 6.93. The lowest BCUT2D eigenvalue weighted by Crippen LogP contribution is -2.33. The molecule has 2 aromatic carbocycles. The third kappa shape index (κ3) is 5.46. The van der Waals surface area contributed by atoms with E-state index in [0.717, 1.165) is 0 Å². The summed E-state index contributed by atoms with van der Waals surface area (Å²) in [6.07, 6.45) is 2.82. The van der Waals surface area contributed by atoms with Crippen LogP contribution in [0.2, 0.25) is 5.02 Å². The minimum absolute atomic E-state index is 0.0156. The topological polar surface area (TPSA) is 58.6 Å². The van der Waals surface area contributed by atoms with Crippen molar-refractivity contribution in [2.75, 3.05) is 32.1 Å². The molecule has 0 spiro atoms. The molecule has 9 heteroatoms. The largest absolute Gasteiger partial charge is 0.434 e. The van der Waals surface area contributed by atoms with Crippen LogP contribution in [-0.4, -0.2) is 48.0 Å². The molecule has 0 saturated heterocycles. The number of rotatable bonds is 7. The molecule has 0 bridgehead atoms. The van der Waals surface area contributed by atoms with Crippen LogP contribution < -0.4 is 9.64 Å². The maximum Gasteiger partial charge on any atom is 0.239 e. The van der Waals surface area contributed by atoms with Gasteiger partial charge in [-0.15, -0.1) is 0 Å². The fourth-order valence-corrected chi connectivity index (χ4v) is 2.85. The van der Waals surface area contributed by atoms with Crippen molar-refractivity contribution >= 4 is 23.3 Å². The summed E-state index contributed by atoms with van der Waals surface area (Å²) in [5, 5.41) is 0.501. The van der Waals surface area contributed by atoms with Crippen LogP contribution in [0.15, 0.2) is 48.8 Å². The Bertz CT molecular complexity index is 1080. The molecule has 0 aliphatic heterocycles. The molecule has 3 rings (SSSR count). The lowest BCUT2D eigenvalue weighted by molar-refractivity contribution is -0.127. The summed E-state index contributed by atoms with van der Waals surface area (Å²) in [6, 6.07) is 9.18. The van der Waals surface area contributed by atoms with E-state index in [4.69, 9.17) is 16.3 Å². The second-order valence-corrected chi connectivity index (χ2v) is 7.36. The van der Waals surface area contributed by atoms with Crippen LogP contribution in [0.1, 0.15) is 6.92 Å². The molecule has 162 valence electrons. The number of benzene rings is 2. The lowest BCUT2D eigenvalue weighted by Gasteiger charge is -2.22. The molecule has 6 nitrogen and oxygen atoms in total. The van der Waals surface area contributed by atoms with Gasteiger partial charge < -0.3 is 14.5 Å². The van der Waals surface area contributed by atoms with Gasteiger partial charge in [-0.1, -0.05) is 23.7 Å². The minimum atomic E-state index is -1.13. The van der Waals surface area contributed by atoms with Crippen LogP contribution in [0.4, 0.5) is 14.6 Å². The van der Waals surface area contributed by atoms with Gasteiger partial charge in [0.25, 0.3) is 0 Å². The summed E-state index contributed by atoms with van der Waals surface area (Å²) in [4.78, 5) is 23.0. The summed E-state index contributed by atoms with van der Waals surface area (Å²) in [5.41, 5.74) is 0.585. The maximum atomic E-state index is 14.6. The predicted molar refractivity (Wildman–Crippen MR) is 115 cm³/mol. The first-order chi connectivity index (χ1) is 14.8. The molecule has 1 amide bonds. The van der Waals surface area contributed by atoms with E-state index < -0.39 is 11.6 Å². The highest BCUT2D eigenvalue weighted by atomic mass is 35.5. The fraction of sp³-hybridized carbons (Fsp3) is 0.227. The third-order valence-electron chi connectivity index (χ3n) is 4.72. The Morgan fingerprint density at radius 3 is 2.42 bits per heavy atom. The number of carbonyl (C=O) groups excluding carboxylic acids is 1. The van der Waals surface area contributed by atoms with E-state index in [1.165, 1.54) is 31.5 Å². The molecule has 0 aliphatic carbocycles. The molecule has 0 N–H and O–H groups in total. The van der Waals surface area contributed by atoms with Crippen molar-refractivity contribution in [1.29, 1.82) is 0 Å². The summed E-state index contributed by atoms with van der Waals surface area (Å²) in [7, 11) is 3.48. The van der Waals surface area contributed by atoms with Crippen molar-refractivity contribution in [3.05, 3.63) is 65.4 Å². The van der Waals surface area contributed by atoms with Crippen LogP contribution in [0.3, 0.4) is 0 Å². The first-order valence-corrected chi connectivity index (χ1v) is 9.80. The molecular weight excluding hydrogens is 426 g/mol. The van der Waals surface area contributed by atoms with Gasteiger partial charge in [0.05, 0.1) is 12.4 Å². The first kappa shape index (κ1) is 22.4.